The van der Waals surface area contributed by atoms with E-state index in [0.29, 0.717) is 0 Å². The van der Waals surface area contributed by atoms with Crippen LogP contribution in [0.1, 0.15) is 26.3 Å². The molecule has 1 aliphatic rings. The third-order valence-electron chi connectivity index (χ3n) is 3.16. The van der Waals surface area contributed by atoms with Crippen LogP contribution in [0.15, 0.2) is 29.3 Å². The number of hydrogen-bond acceptors (Lipinski definition) is 4. The Morgan fingerprint density at radius 1 is 1.38 bits per heavy atom. The molecule has 5 nitrogen and oxygen atoms in total. The van der Waals surface area contributed by atoms with Gasteiger partial charge in [0, 0.05) is 29.1 Å². The largest absolute Gasteiger partial charge is 0.336 e. The van der Waals surface area contributed by atoms with Gasteiger partial charge in [-0.15, -0.1) is 11.8 Å². The van der Waals surface area contributed by atoms with E-state index in [-0.39, 0.29) is 24.2 Å². The second-order valence-electron chi connectivity index (χ2n) is 5.48. The molecular formula is C15H22N4OS. The van der Waals surface area contributed by atoms with Crippen molar-refractivity contribution in [3.05, 3.63) is 29.8 Å². The minimum absolute atomic E-state index is 0.114. The van der Waals surface area contributed by atoms with Crippen LogP contribution in [0.5, 0.6) is 0 Å². The molecule has 0 aliphatic carbocycles. The molecule has 21 heavy (non-hydrogen) atoms. The van der Waals surface area contributed by atoms with Crippen LogP contribution in [0.3, 0.4) is 0 Å². The lowest BCUT2D eigenvalue weighted by molar-refractivity contribution is 0.250. The van der Waals surface area contributed by atoms with Crippen LogP contribution in [-0.2, 0) is 0 Å². The fourth-order valence-electron chi connectivity index (χ4n) is 1.92. The number of nitrogens with zero attached hydrogens (tertiary/aromatic N) is 1. The van der Waals surface area contributed by atoms with Gasteiger partial charge in [0.1, 0.15) is 0 Å². The number of thioether (sulfide) groups is 1. The Hall–Kier alpha value is -1.53. The number of nitrogens with two attached hydrogens (primary N) is 1. The normalized spacial score (nSPS) is 21.9. The number of hydrogen-bond donors (Lipinski definition) is 3. The fraction of sp³-hybridized carbons (Fsp3) is 0.467. The lowest BCUT2D eigenvalue weighted by Crippen LogP contribution is -2.37. The molecule has 0 spiro atoms. The van der Waals surface area contributed by atoms with E-state index >= 15 is 0 Å². The summed E-state index contributed by atoms with van der Waals surface area (Å²) in [6.45, 7) is 5.89. The quantitative estimate of drug-likeness (QED) is 0.802. The Kier molecular flexibility index (Phi) is 5.25. The highest BCUT2D eigenvalue weighted by Gasteiger charge is 2.20. The zero-order valence-electron chi connectivity index (χ0n) is 12.6. The van der Waals surface area contributed by atoms with E-state index < -0.39 is 0 Å². The molecule has 2 rings (SSSR count). The van der Waals surface area contributed by atoms with Gasteiger partial charge in [-0.25, -0.2) is 4.79 Å². The zero-order valence-corrected chi connectivity index (χ0v) is 13.4. The smallest absolute Gasteiger partial charge is 0.319 e. The summed E-state index contributed by atoms with van der Waals surface area (Å²) < 4.78 is 0. The van der Waals surface area contributed by atoms with E-state index in [1.165, 1.54) is 0 Å². The zero-order chi connectivity index (χ0) is 15.4. The molecule has 0 fully saturated rings. The fourth-order valence-corrected chi connectivity index (χ4v) is 3.09. The Bertz CT molecular complexity index is 527. The first kappa shape index (κ1) is 15.9. The van der Waals surface area contributed by atoms with Crippen LogP contribution < -0.4 is 16.4 Å². The standard InChI is InChI=1S/C15H22N4OS/c1-9(2)17-15(20)19-12-6-4-11(5-7-12)14-18-10(3)13(16)8-21-14/h4-7,9-10,13H,8,16H2,1-3H3,(H2,17,19,20)/t10-,13?/m1/s1. The second-order valence-corrected chi connectivity index (χ2v) is 6.49. The van der Waals surface area contributed by atoms with Crippen molar-refractivity contribution in [2.24, 2.45) is 10.7 Å². The molecule has 0 radical (unpaired) electrons. The summed E-state index contributed by atoms with van der Waals surface area (Å²) in [6, 6.07) is 7.91. The molecule has 1 aromatic rings. The van der Waals surface area contributed by atoms with Crippen LogP contribution in [0.25, 0.3) is 0 Å². The molecule has 6 heteroatoms. The van der Waals surface area contributed by atoms with Crippen molar-refractivity contribution in [2.45, 2.75) is 38.9 Å². The maximum atomic E-state index is 11.6. The maximum absolute atomic E-state index is 11.6. The number of carbonyl (C=O) groups excluding carboxylic acids is 1. The van der Waals surface area contributed by atoms with E-state index in [1.807, 2.05) is 45.0 Å². The number of anilines is 1. The molecule has 2 amide bonds. The molecule has 1 unspecified atom stereocenters. The van der Waals surface area contributed by atoms with Gasteiger partial charge >= 0.3 is 6.03 Å². The number of nitrogens with one attached hydrogen (secondary N) is 2. The first-order chi connectivity index (χ1) is 9.95. The predicted molar refractivity (Wildman–Crippen MR) is 90.2 cm³/mol. The molecule has 114 valence electrons. The number of rotatable bonds is 3. The molecule has 0 bridgehead atoms. The SMILES string of the molecule is CC(C)NC(=O)Nc1ccc(C2=N[C@H](C)C(N)CS2)cc1. The van der Waals surface area contributed by atoms with Crippen LogP contribution in [-0.4, -0.2) is 35.0 Å². The third-order valence-corrected chi connectivity index (χ3v) is 4.33. The van der Waals surface area contributed by atoms with Gasteiger partial charge in [0.25, 0.3) is 0 Å². The molecule has 1 aromatic carbocycles. The van der Waals surface area contributed by atoms with Crippen LogP contribution in [0.4, 0.5) is 10.5 Å². The summed E-state index contributed by atoms with van der Waals surface area (Å²) >= 11 is 1.68. The summed E-state index contributed by atoms with van der Waals surface area (Å²) in [5, 5.41) is 6.61. The number of aliphatic imine (C=N–C) groups is 1. The van der Waals surface area contributed by atoms with E-state index in [1.54, 1.807) is 11.8 Å². The highest BCUT2D eigenvalue weighted by Crippen LogP contribution is 2.23. The highest BCUT2D eigenvalue weighted by molar-refractivity contribution is 8.14. The van der Waals surface area contributed by atoms with Crippen molar-refractivity contribution in [2.75, 3.05) is 11.1 Å². The number of benzene rings is 1. The number of urea groups is 1. The van der Waals surface area contributed by atoms with Crippen LogP contribution in [0, 0.1) is 0 Å². The monoisotopic (exact) mass is 306 g/mol. The van der Waals surface area contributed by atoms with Gasteiger partial charge in [0.2, 0.25) is 0 Å². The van der Waals surface area contributed by atoms with Gasteiger partial charge < -0.3 is 16.4 Å². The second kappa shape index (κ2) is 6.95. The molecule has 4 N–H and O–H groups in total. The Morgan fingerprint density at radius 3 is 2.62 bits per heavy atom. The Balaban J connectivity index is 2.02. The predicted octanol–water partition coefficient (Wildman–Crippen LogP) is 2.43. The molecule has 1 aliphatic heterocycles. The average molecular weight is 306 g/mol. The van der Waals surface area contributed by atoms with Crippen molar-refractivity contribution in [1.82, 2.24) is 5.32 Å². The number of amides is 2. The lowest BCUT2D eigenvalue weighted by Gasteiger charge is -2.23. The minimum atomic E-state index is -0.193. The molecule has 1 heterocycles. The van der Waals surface area contributed by atoms with Gasteiger partial charge in [0.15, 0.2) is 0 Å². The van der Waals surface area contributed by atoms with E-state index in [9.17, 15) is 4.79 Å². The van der Waals surface area contributed by atoms with Gasteiger partial charge in [-0.2, -0.15) is 0 Å². The third kappa shape index (κ3) is 4.47. The summed E-state index contributed by atoms with van der Waals surface area (Å²) in [5.41, 5.74) is 7.79. The highest BCUT2D eigenvalue weighted by atomic mass is 32.2. The summed E-state index contributed by atoms with van der Waals surface area (Å²) in [5.74, 6) is 0.886. The average Bonchev–Trinajstić information content (AvgIpc) is 2.42. The van der Waals surface area contributed by atoms with Crippen molar-refractivity contribution in [3.8, 4) is 0 Å². The number of carbonyl (C=O) groups is 1. The summed E-state index contributed by atoms with van der Waals surface area (Å²) in [4.78, 5) is 16.2. The van der Waals surface area contributed by atoms with E-state index in [0.717, 1.165) is 22.0 Å². The Morgan fingerprint density at radius 2 is 2.05 bits per heavy atom. The first-order valence-electron chi connectivity index (χ1n) is 7.10. The Labute approximate surface area is 129 Å². The van der Waals surface area contributed by atoms with Crippen molar-refractivity contribution in [3.63, 3.8) is 0 Å². The minimum Gasteiger partial charge on any atom is -0.336 e. The molecule has 0 saturated carbocycles. The molecule has 0 aromatic heterocycles. The van der Waals surface area contributed by atoms with Gasteiger partial charge in [-0.05, 0) is 32.9 Å². The summed E-state index contributed by atoms with van der Waals surface area (Å²) in [7, 11) is 0. The van der Waals surface area contributed by atoms with E-state index in [4.69, 9.17) is 5.73 Å². The van der Waals surface area contributed by atoms with E-state index in [2.05, 4.69) is 15.6 Å². The topological polar surface area (TPSA) is 79.5 Å². The van der Waals surface area contributed by atoms with Gasteiger partial charge in [-0.1, -0.05) is 12.1 Å². The molecule has 2 atom stereocenters. The maximum Gasteiger partial charge on any atom is 0.319 e. The summed E-state index contributed by atoms with van der Waals surface area (Å²) in [6.07, 6.45) is 0. The van der Waals surface area contributed by atoms with Crippen LogP contribution >= 0.6 is 11.8 Å². The molecular weight excluding hydrogens is 284 g/mol. The molecule has 0 saturated heterocycles. The first-order valence-corrected chi connectivity index (χ1v) is 8.08. The van der Waals surface area contributed by atoms with Gasteiger partial charge in [0.05, 0.1) is 11.1 Å². The lowest BCUT2D eigenvalue weighted by atomic mass is 10.1. The van der Waals surface area contributed by atoms with Crippen molar-refractivity contribution < 1.29 is 4.79 Å². The van der Waals surface area contributed by atoms with Crippen molar-refractivity contribution in [1.29, 1.82) is 0 Å². The van der Waals surface area contributed by atoms with Crippen molar-refractivity contribution >= 4 is 28.5 Å². The van der Waals surface area contributed by atoms with Gasteiger partial charge in [-0.3, -0.25) is 4.99 Å². The van der Waals surface area contributed by atoms with Crippen LogP contribution in [0.2, 0.25) is 0 Å².